The van der Waals surface area contributed by atoms with Crippen LogP contribution in [0.5, 0.6) is 0 Å². The van der Waals surface area contributed by atoms with Gasteiger partial charge < -0.3 is 15.5 Å². The van der Waals surface area contributed by atoms with Crippen LogP contribution >= 0.6 is 11.3 Å². The van der Waals surface area contributed by atoms with E-state index < -0.39 is 0 Å². The summed E-state index contributed by atoms with van der Waals surface area (Å²) >= 11 is 1.88. The van der Waals surface area contributed by atoms with Crippen LogP contribution < -0.4 is 10.6 Å². The van der Waals surface area contributed by atoms with Crippen molar-refractivity contribution < 1.29 is 0 Å². The summed E-state index contributed by atoms with van der Waals surface area (Å²) in [6.07, 6.45) is 1.04. The molecule has 0 saturated carbocycles. The summed E-state index contributed by atoms with van der Waals surface area (Å²) in [7, 11) is 1.85. The molecule has 1 fully saturated rings. The summed E-state index contributed by atoms with van der Waals surface area (Å²) in [6.45, 7) is 15.7. The number of hydrogen-bond donors (Lipinski definition) is 2. The maximum atomic E-state index is 4.39. The third-order valence-electron chi connectivity index (χ3n) is 4.95. The van der Waals surface area contributed by atoms with Crippen molar-refractivity contribution in [2.75, 3.05) is 46.3 Å². The zero-order valence-corrected chi connectivity index (χ0v) is 17.3. The average molecular weight is 366 g/mol. The zero-order valence-electron chi connectivity index (χ0n) is 16.5. The van der Waals surface area contributed by atoms with Crippen LogP contribution in [0.1, 0.15) is 30.5 Å². The number of guanidine groups is 1. The van der Waals surface area contributed by atoms with Crippen LogP contribution in [0.2, 0.25) is 0 Å². The number of nitrogens with one attached hydrogen (secondary N) is 2. The molecular formula is C19H35N5S. The Labute approximate surface area is 157 Å². The molecule has 1 aliphatic rings. The second kappa shape index (κ2) is 10.1. The summed E-state index contributed by atoms with van der Waals surface area (Å²) in [5.41, 5.74) is 0. The molecule has 6 heteroatoms. The van der Waals surface area contributed by atoms with Crippen molar-refractivity contribution >= 4 is 17.3 Å². The van der Waals surface area contributed by atoms with E-state index in [1.54, 1.807) is 0 Å². The minimum absolute atomic E-state index is 0.368. The summed E-state index contributed by atoms with van der Waals surface area (Å²) in [6, 6.07) is 5.31. The highest BCUT2D eigenvalue weighted by atomic mass is 32.1. The first-order chi connectivity index (χ1) is 12.0. The van der Waals surface area contributed by atoms with Gasteiger partial charge in [-0.3, -0.25) is 9.89 Å². The molecule has 0 aliphatic carbocycles. The quantitative estimate of drug-likeness (QED) is 0.574. The van der Waals surface area contributed by atoms with Gasteiger partial charge in [0.15, 0.2) is 5.96 Å². The summed E-state index contributed by atoms with van der Waals surface area (Å²) < 4.78 is 0. The first-order valence-corrected chi connectivity index (χ1v) is 10.3. The Morgan fingerprint density at radius 2 is 1.96 bits per heavy atom. The Balaban J connectivity index is 1.72. The van der Waals surface area contributed by atoms with E-state index in [4.69, 9.17) is 0 Å². The average Bonchev–Trinajstić information content (AvgIpc) is 3.02. The first kappa shape index (κ1) is 20.2. The molecule has 2 heterocycles. The molecule has 2 rings (SSSR count). The van der Waals surface area contributed by atoms with Crippen molar-refractivity contribution in [2.45, 2.75) is 46.2 Å². The fraction of sp³-hybridized carbons (Fsp3) is 0.737. The topological polar surface area (TPSA) is 42.9 Å². The molecule has 5 nitrogen and oxygen atoms in total. The van der Waals surface area contributed by atoms with Crippen molar-refractivity contribution in [3.63, 3.8) is 0 Å². The van der Waals surface area contributed by atoms with Crippen molar-refractivity contribution in [1.82, 2.24) is 20.4 Å². The van der Waals surface area contributed by atoms with Gasteiger partial charge in [-0.2, -0.15) is 0 Å². The number of aliphatic imine (C=N–C) groups is 1. The molecule has 2 unspecified atom stereocenters. The van der Waals surface area contributed by atoms with E-state index in [1.165, 1.54) is 29.4 Å². The van der Waals surface area contributed by atoms with Crippen LogP contribution in [-0.2, 0) is 6.42 Å². The van der Waals surface area contributed by atoms with E-state index >= 15 is 0 Å². The Bertz CT molecular complexity index is 534. The molecule has 1 aliphatic heterocycles. The fourth-order valence-electron chi connectivity index (χ4n) is 3.27. The Kier molecular flexibility index (Phi) is 8.19. The van der Waals surface area contributed by atoms with E-state index in [2.05, 4.69) is 65.3 Å². The number of aryl methyl sites for hydroxylation is 1. The van der Waals surface area contributed by atoms with Crippen LogP contribution in [0.15, 0.2) is 17.1 Å². The lowest BCUT2D eigenvalue weighted by atomic mass is 10.2. The van der Waals surface area contributed by atoms with Crippen LogP contribution in [-0.4, -0.2) is 74.2 Å². The Morgan fingerprint density at radius 1 is 1.24 bits per heavy atom. The monoisotopic (exact) mass is 365 g/mol. The van der Waals surface area contributed by atoms with Gasteiger partial charge in [-0.05, 0) is 39.4 Å². The lowest BCUT2D eigenvalue weighted by Gasteiger charge is -2.37. The minimum atomic E-state index is 0.368. The molecule has 1 aromatic rings. The summed E-state index contributed by atoms with van der Waals surface area (Å²) in [4.78, 5) is 12.3. The second-order valence-corrected chi connectivity index (χ2v) is 8.41. The Morgan fingerprint density at radius 3 is 2.52 bits per heavy atom. The standard InChI is InChI=1S/C19H35N5S/c1-6-23-9-11-24(12-10-23)16(3)14-21-19(20-5)22-15(2)13-18-8-7-17(4)25-18/h7-8,15-16H,6,9-14H2,1-5H3,(H2,20,21,22). The highest BCUT2D eigenvalue weighted by molar-refractivity contribution is 7.11. The molecular weight excluding hydrogens is 330 g/mol. The number of hydrogen-bond acceptors (Lipinski definition) is 4. The molecule has 0 aromatic carbocycles. The van der Waals surface area contributed by atoms with E-state index in [0.29, 0.717) is 12.1 Å². The first-order valence-electron chi connectivity index (χ1n) is 9.50. The number of rotatable bonds is 7. The number of likely N-dealkylation sites (N-methyl/N-ethyl adjacent to an activating group) is 1. The molecule has 1 aromatic heterocycles. The SMILES string of the molecule is CCN1CCN(C(C)CNC(=NC)NC(C)Cc2ccc(C)s2)CC1. The number of thiophene rings is 1. The third kappa shape index (κ3) is 6.60. The predicted octanol–water partition coefficient (Wildman–Crippen LogP) is 2.18. The van der Waals surface area contributed by atoms with Crippen LogP contribution in [0, 0.1) is 6.92 Å². The summed E-state index contributed by atoms with van der Waals surface area (Å²) in [5.74, 6) is 0.903. The normalized spacial score (nSPS) is 19.6. The smallest absolute Gasteiger partial charge is 0.191 e. The fourth-order valence-corrected chi connectivity index (χ4v) is 4.29. The highest BCUT2D eigenvalue weighted by Crippen LogP contribution is 2.16. The van der Waals surface area contributed by atoms with Gasteiger partial charge in [0.05, 0.1) is 0 Å². The zero-order chi connectivity index (χ0) is 18.2. The molecule has 0 radical (unpaired) electrons. The Hall–Kier alpha value is -1.11. The lowest BCUT2D eigenvalue weighted by Crippen LogP contribution is -2.53. The van der Waals surface area contributed by atoms with Gasteiger partial charge in [-0.1, -0.05) is 6.92 Å². The number of piperazine rings is 1. The third-order valence-corrected chi connectivity index (χ3v) is 5.98. The molecule has 2 atom stereocenters. The van der Waals surface area contributed by atoms with Gasteiger partial charge in [-0.25, -0.2) is 0 Å². The second-order valence-electron chi connectivity index (χ2n) is 7.03. The number of nitrogens with zero attached hydrogens (tertiary/aromatic N) is 3. The van der Waals surface area contributed by atoms with Crippen molar-refractivity contribution in [2.24, 2.45) is 4.99 Å². The maximum Gasteiger partial charge on any atom is 0.191 e. The van der Waals surface area contributed by atoms with Gasteiger partial charge in [0.2, 0.25) is 0 Å². The van der Waals surface area contributed by atoms with Crippen LogP contribution in [0.4, 0.5) is 0 Å². The van der Waals surface area contributed by atoms with Crippen molar-refractivity contribution in [3.05, 3.63) is 21.9 Å². The summed E-state index contributed by atoms with van der Waals surface area (Å²) in [5, 5.41) is 7.02. The minimum Gasteiger partial charge on any atom is -0.355 e. The van der Waals surface area contributed by atoms with Crippen molar-refractivity contribution in [1.29, 1.82) is 0 Å². The highest BCUT2D eigenvalue weighted by Gasteiger charge is 2.20. The van der Waals surface area contributed by atoms with Gasteiger partial charge in [0, 0.05) is 68.0 Å². The predicted molar refractivity (Wildman–Crippen MR) is 110 cm³/mol. The molecule has 0 bridgehead atoms. The molecule has 1 saturated heterocycles. The molecule has 142 valence electrons. The lowest BCUT2D eigenvalue weighted by molar-refractivity contribution is 0.107. The van der Waals surface area contributed by atoms with Crippen LogP contribution in [0.3, 0.4) is 0 Å². The van der Waals surface area contributed by atoms with Crippen molar-refractivity contribution in [3.8, 4) is 0 Å². The molecule has 2 N–H and O–H groups in total. The van der Waals surface area contributed by atoms with E-state index in [0.717, 1.165) is 32.0 Å². The van der Waals surface area contributed by atoms with Gasteiger partial charge >= 0.3 is 0 Å². The molecule has 25 heavy (non-hydrogen) atoms. The maximum absolute atomic E-state index is 4.39. The van der Waals surface area contributed by atoms with E-state index in [9.17, 15) is 0 Å². The molecule has 0 amide bonds. The van der Waals surface area contributed by atoms with Gasteiger partial charge in [-0.15, -0.1) is 11.3 Å². The van der Waals surface area contributed by atoms with E-state index in [-0.39, 0.29) is 0 Å². The largest absolute Gasteiger partial charge is 0.355 e. The van der Waals surface area contributed by atoms with E-state index in [1.807, 2.05) is 18.4 Å². The molecule has 0 spiro atoms. The van der Waals surface area contributed by atoms with Crippen LogP contribution in [0.25, 0.3) is 0 Å². The van der Waals surface area contributed by atoms with Gasteiger partial charge in [0.25, 0.3) is 0 Å². The van der Waals surface area contributed by atoms with Gasteiger partial charge in [0.1, 0.15) is 0 Å².